The second-order valence-corrected chi connectivity index (χ2v) is 18.2. The first-order chi connectivity index (χ1) is 32.8. The predicted octanol–water partition coefficient (Wildman–Crippen LogP) is 17.7. The highest BCUT2D eigenvalue weighted by molar-refractivity contribution is 6.04. The normalized spacial score (nSPS) is 14.1. The number of rotatable bonds is 9. The fraction of sp³-hybridized carbons (Fsp3) is 0.108. The van der Waals surface area contributed by atoms with Gasteiger partial charge in [-0.25, -0.2) is 0 Å². The fourth-order valence-corrected chi connectivity index (χ4v) is 11.6. The van der Waals surface area contributed by atoms with Gasteiger partial charge in [0.2, 0.25) is 0 Å². The van der Waals surface area contributed by atoms with Crippen LogP contribution in [0.1, 0.15) is 65.8 Å². The van der Waals surface area contributed by atoms with E-state index in [0.717, 1.165) is 17.1 Å². The number of anilines is 3. The van der Waals surface area contributed by atoms with Gasteiger partial charge in [0.1, 0.15) is 0 Å². The van der Waals surface area contributed by atoms with E-state index in [9.17, 15) is 0 Å². The summed E-state index contributed by atoms with van der Waals surface area (Å²) in [6.07, 6.45) is 6.45. The molecule has 0 saturated heterocycles. The maximum atomic E-state index is 2.52. The van der Waals surface area contributed by atoms with E-state index in [1.165, 1.54) is 115 Å². The Hall–Kier alpha value is -7.74. The molecule has 1 fully saturated rings. The molecule has 0 aliphatic heterocycles. The molecule has 2 aliphatic carbocycles. The summed E-state index contributed by atoms with van der Waals surface area (Å²) in [4.78, 5) is 2.52. The Bertz CT molecular complexity index is 3280. The molecule has 0 amide bonds. The number of fused-ring (bicyclic) bond motifs is 4. The third-order valence-corrected chi connectivity index (χ3v) is 14.6. The van der Waals surface area contributed by atoms with E-state index in [-0.39, 0.29) is 0 Å². The summed E-state index contributed by atoms with van der Waals surface area (Å²) in [5.74, 6) is 0.572. The Kier molecular flexibility index (Phi) is 10.3. The molecule has 0 bridgehead atoms. The van der Waals surface area contributed by atoms with Crippen molar-refractivity contribution in [2.75, 3.05) is 4.90 Å². The monoisotopic (exact) mass is 845 g/mol. The summed E-state index contributed by atoms with van der Waals surface area (Å²) < 4.78 is 0. The van der Waals surface area contributed by atoms with Gasteiger partial charge in [-0.2, -0.15) is 0 Å². The molecule has 0 N–H and O–H groups in total. The van der Waals surface area contributed by atoms with Crippen LogP contribution in [0, 0.1) is 0 Å². The van der Waals surface area contributed by atoms with Crippen molar-refractivity contribution in [3.8, 4) is 44.5 Å². The topological polar surface area (TPSA) is 3.24 Å². The first-order valence-electron chi connectivity index (χ1n) is 23.8. The Morgan fingerprint density at radius 3 is 1.56 bits per heavy atom. The number of hydrogen-bond donors (Lipinski definition) is 0. The van der Waals surface area contributed by atoms with Gasteiger partial charge in [-0.3, -0.25) is 0 Å². The quantitative estimate of drug-likeness (QED) is 0.140. The van der Waals surface area contributed by atoms with E-state index in [0.29, 0.717) is 5.92 Å². The molecule has 66 heavy (non-hydrogen) atoms. The fourth-order valence-electron chi connectivity index (χ4n) is 11.6. The molecule has 10 aromatic carbocycles. The molecule has 0 heterocycles. The highest BCUT2D eigenvalue weighted by atomic mass is 15.1. The third kappa shape index (κ3) is 6.69. The molecular weight excluding hydrogens is 795 g/mol. The van der Waals surface area contributed by atoms with Crippen LogP contribution in [0.3, 0.4) is 0 Å². The molecule has 10 aromatic rings. The van der Waals surface area contributed by atoms with E-state index in [1.54, 1.807) is 0 Å². The summed E-state index contributed by atoms with van der Waals surface area (Å²) in [6.45, 7) is 0. The van der Waals surface area contributed by atoms with Crippen molar-refractivity contribution in [2.45, 2.75) is 43.4 Å². The average Bonchev–Trinajstić information content (AvgIpc) is 3.70. The zero-order valence-corrected chi connectivity index (χ0v) is 37.2. The van der Waals surface area contributed by atoms with E-state index in [1.807, 2.05) is 0 Å². The summed E-state index contributed by atoms with van der Waals surface area (Å²) in [6, 6.07) is 90.4. The van der Waals surface area contributed by atoms with Crippen molar-refractivity contribution in [1.29, 1.82) is 0 Å². The Morgan fingerprint density at radius 1 is 0.348 bits per heavy atom. The van der Waals surface area contributed by atoms with Crippen LogP contribution in [0.25, 0.3) is 55.3 Å². The maximum absolute atomic E-state index is 2.52. The van der Waals surface area contributed by atoms with Gasteiger partial charge in [0, 0.05) is 16.8 Å². The largest absolute Gasteiger partial charge is 0.309 e. The van der Waals surface area contributed by atoms with Gasteiger partial charge < -0.3 is 4.90 Å². The van der Waals surface area contributed by atoms with Gasteiger partial charge in [-0.15, -0.1) is 0 Å². The molecule has 0 spiro atoms. The minimum Gasteiger partial charge on any atom is -0.309 e. The van der Waals surface area contributed by atoms with Crippen LogP contribution in [-0.4, -0.2) is 0 Å². The second-order valence-electron chi connectivity index (χ2n) is 18.2. The maximum Gasteiger partial charge on any atom is 0.0713 e. The summed E-state index contributed by atoms with van der Waals surface area (Å²) in [5, 5.41) is 2.70. The highest BCUT2D eigenvalue weighted by Crippen LogP contribution is 2.57. The zero-order valence-electron chi connectivity index (χ0n) is 37.2. The molecule has 0 aromatic heterocycles. The molecule has 2 aliphatic rings. The SMILES string of the molecule is c1ccc(-c2ccc(N(c3ccccc3-c3ccc4c(c3)C(c3ccccc3)(c3ccccc3)c3ccccc3-4)c3ccccc3-c3cccc4cccc(C5CCCCC5)c34)cc2)cc1. The lowest BCUT2D eigenvalue weighted by molar-refractivity contribution is 0.445. The molecule has 1 heteroatoms. The van der Waals surface area contributed by atoms with Crippen molar-refractivity contribution in [3.05, 3.63) is 270 Å². The minimum atomic E-state index is -0.497. The van der Waals surface area contributed by atoms with Crippen LogP contribution in [0.5, 0.6) is 0 Å². The summed E-state index contributed by atoms with van der Waals surface area (Å²) in [5.41, 5.74) is 19.4. The van der Waals surface area contributed by atoms with E-state index >= 15 is 0 Å². The standard InChI is InChI=1S/C65H51N/c1-5-21-46(22-6-1)47-39-42-53(43-40-47)66(63-38-18-15-33-58(63)59-35-20-26-49-25-19-34-55(64(49)59)48-23-7-2-8-24-48)62-37-17-14-31-54(62)50-41-44-57-56-32-13-16-36-60(56)65(61(57)45-50,51-27-9-3-10-28-51)52-29-11-4-12-30-52/h1,3-6,9-22,25-45,48H,2,7-8,23-24H2. The molecular formula is C65H51N. The number of hydrogen-bond acceptors (Lipinski definition) is 1. The summed E-state index contributed by atoms with van der Waals surface area (Å²) in [7, 11) is 0. The van der Waals surface area contributed by atoms with E-state index < -0.39 is 5.41 Å². The lowest BCUT2D eigenvalue weighted by Crippen LogP contribution is -2.28. The Balaban J connectivity index is 1.09. The van der Waals surface area contributed by atoms with Gasteiger partial charge >= 0.3 is 0 Å². The van der Waals surface area contributed by atoms with Crippen LogP contribution in [-0.2, 0) is 5.41 Å². The van der Waals surface area contributed by atoms with Crippen molar-refractivity contribution >= 4 is 27.8 Å². The van der Waals surface area contributed by atoms with E-state index in [2.05, 4.69) is 248 Å². The van der Waals surface area contributed by atoms with Crippen LogP contribution < -0.4 is 4.90 Å². The van der Waals surface area contributed by atoms with Crippen LogP contribution >= 0.6 is 0 Å². The molecule has 1 nitrogen and oxygen atoms in total. The van der Waals surface area contributed by atoms with Crippen LogP contribution in [0.4, 0.5) is 17.1 Å². The lowest BCUT2D eigenvalue weighted by atomic mass is 9.67. The first kappa shape index (κ1) is 39.8. The molecule has 0 radical (unpaired) electrons. The zero-order chi connectivity index (χ0) is 43.9. The van der Waals surface area contributed by atoms with Crippen molar-refractivity contribution in [2.24, 2.45) is 0 Å². The number of nitrogens with zero attached hydrogens (tertiary/aromatic N) is 1. The minimum absolute atomic E-state index is 0.497. The van der Waals surface area contributed by atoms with Gasteiger partial charge in [-0.1, -0.05) is 232 Å². The molecule has 0 unspecified atom stereocenters. The van der Waals surface area contributed by atoms with Crippen LogP contribution in [0.2, 0.25) is 0 Å². The molecule has 1 saturated carbocycles. The highest BCUT2D eigenvalue weighted by Gasteiger charge is 2.46. The first-order valence-corrected chi connectivity index (χ1v) is 23.8. The van der Waals surface area contributed by atoms with Gasteiger partial charge in [0.25, 0.3) is 0 Å². The molecule has 12 rings (SSSR count). The van der Waals surface area contributed by atoms with Gasteiger partial charge in [-0.05, 0) is 121 Å². The van der Waals surface area contributed by atoms with Crippen molar-refractivity contribution in [1.82, 2.24) is 0 Å². The van der Waals surface area contributed by atoms with Gasteiger partial charge in [0.15, 0.2) is 0 Å². The third-order valence-electron chi connectivity index (χ3n) is 14.6. The molecule has 316 valence electrons. The van der Waals surface area contributed by atoms with Crippen molar-refractivity contribution < 1.29 is 0 Å². The van der Waals surface area contributed by atoms with E-state index in [4.69, 9.17) is 0 Å². The smallest absolute Gasteiger partial charge is 0.0713 e. The molecule has 0 atom stereocenters. The van der Waals surface area contributed by atoms with Crippen molar-refractivity contribution in [3.63, 3.8) is 0 Å². The Labute approximate surface area is 389 Å². The second kappa shape index (κ2) is 17.0. The predicted molar refractivity (Wildman–Crippen MR) is 278 cm³/mol. The Morgan fingerprint density at radius 2 is 0.864 bits per heavy atom. The lowest BCUT2D eigenvalue weighted by Gasteiger charge is -2.34. The number of benzene rings is 10. The van der Waals surface area contributed by atoms with Crippen LogP contribution in [0.15, 0.2) is 243 Å². The van der Waals surface area contributed by atoms with Gasteiger partial charge in [0.05, 0.1) is 16.8 Å². The summed E-state index contributed by atoms with van der Waals surface area (Å²) >= 11 is 0. The number of para-hydroxylation sites is 2. The average molecular weight is 846 g/mol.